The van der Waals surface area contributed by atoms with Crippen LogP contribution >= 0.6 is 0 Å². The van der Waals surface area contributed by atoms with Gasteiger partial charge in [-0.25, -0.2) is 10.5 Å². The van der Waals surface area contributed by atoms with Crippen molar-refractivity contribution in [2.24, 2.45) is 11.3 Å². The molecule has 0 unspecified atom stereocenters. The van der Waals surface area contributed by atoms with Gasteiger partial charge in [-0.1, -0.05) is 6.92 Å². The number of aromatic nitrogens is 5. The molecule has 0 amide bonds. The van der Waals surface area contributed by atoms with Gasteiger partial charge in [0.15, 0.2) is 0 Å². The highest BCUT2D eigenvalue weighted by atomic mass is 15.4. The highest BCUT2D eigenvalue weighted by molar-refractivity contribution is 5.37. The molecule has 4 N–H and O–H groups in total. The molecule has 2 aromatic rings. The van der Waals surface area contributed by atoms with E-state index in [1.165, 1.54) is 12.8 Å². The summed E-state index contributed by atoms with van der Waals surface area (Å²) in [5.41, 5.74) is 2.81. The molecule has 1 saturated carbocycles. The standard InChI is InChI=1S/C11H16N8/c1-11(3-4-11)7-13-8-15-9(18-12)17-10(16-8)19-6-2-5-14-19/h2,5-6H,3-4,7,12H2,1H3,(H2,13,15,16,17,18). The maximum atomic E-state index is 5.38. The zero-order valence-corrected chi connectivity index (χ0v) is 10.7. The second-order valence-electron chi connectivity index (χ2n) is 5.04. The lowest BCUT2D eigenvalue weighted by molar-refractivity contribution is 0.607. The number of hydrogen-bond donors (Lipinski definition) is 3. The highest BCUT2D eigenvalue weighted by Crippen LogP contribution is 2.44. The van der Waals surface area contributed by atoms with E-state index in [1.807, 2.05) is 0 Å². The maximum absolute atomic E-state index is 5.38. The molecule has 1 fully saturated rings. The molecule has 3 rings (SSSR count). The van der Waals surface area contributed by atoms with Crippen LogP contribution in [0.3, 0.4) is 0 Å². The molecule has 0 bridgehead atoms. The summed E-state index contributed by atoms with van der Waals surface area (Å²) in [6, 6.07) is 1.80. The number of anilines is 2. The number of nitrogens with one attached hydrogen (secondary N) is 2. The Labute approximate surface area is 110 Å². The quantitative estimate of drug-likeness (QED) is 0.532. The number of rotatable bonds is 5. The molecular formula is C11H16N8. The van der Waals surface area contributed by atoms with Crippen LogP contribution in [-0.4, -0.2) is 31.3 Å². The van der Waals surface area contributed by atoms with Crippen molar-refractivity contribution in [3.05, 3.63) is 18.5 Å². The van der Waals surface area contributed by atoms with Gasteiger partial charge in [-0.05, 0) is 24.3 Å². The first-order valence-electron chi connectivity index (χ1n) is 6.15. The van der Waals surface area contributed by atoms with Gasteiger partial charge in [0.2, 0.25) is 11.9 Å². The number of nitrogen functional groups attached to an aromatic ring is 1. The Balaban J connectivity index is 1.84. The van der Waals surface area contributed by atoms with Gasteiger partial charge in [-0.3, -0.25) is 5.43 Å². The summed E-state index contributed by atoms with van der Waals surface area (Å²) in [7, 11) is 0. The van der Waals surface area contributed by atoms with Gasteiger partial charge in [0, 0.05) is 18.9 Å². The van der Waals surface area contributed by atoms with E-state index in [9.17, 15) is 0 Å². The summed E-state index contributed by atoms with van der Waals surface area (Å²) in [5.74, 6) is 6.61. The van der Waals surface area contributed by atoms with Crippen molar-refractivity contribution in [3.63, 3.8) is 0 Å². The van der Waals surface area contributed by atoms with E-state index in [0.717, 1.165) is 6.54 Å². The van der Waals surface area contributed by atoms with Crippen molar-refractivity contribution in [1.82, 2.24) is 24.7 Å². The van der Waals surface area contributed by atoms with Gasteiger partial charge in [0.25, 0.3) is 5.95 Å². The SMILES string of the molecule is CC1(CNc2nc(NN)nc(-n3cccn3)n2)CC1. The normalized spacial score (nSPS) is 16.1. The second kappa shape index (κ2) is 4.47. The molecule has 0 atom stereocenters. The third-order valence-electron chi connectivity index (χ3n) is 3.24. The van der Waals surface area contributed by atoms with E-state index >= 15 is 0 Å². The lowest BCUT2D eigenvalue weighted by Crippen LogP contribution is -2.18. The van der Waals surface area contributed by atoms with Crippen LogP contribution in [-0.2, 0) is 0 Å². The summed E-state index contributed by atoms with van der Waals surface area (Å²) < 4.78 is 1.56. The zero-order chi connectivity index (χ0) is 13.3. The fraction of sp³-hybridized carbons (Fsp3) is 0.455. The van der Waals surface area contributed by atoms with Crippen LogP contribution in [0.15, 0.2) is 18.5 Å². The van der Waals surface area contributed by atoms with Gasteiger partial charge in [-0.15, -0.1) is 0 Å². The van der Waals surface area contributed by atoms with Crippen LogP contribution in [0.4, 0.5) is 11.9 Å². The van der Waals surface area contributed by atoms with Crippen molar-refractivity contribution in [3.8, 4) is 5.95 Å². The van der Waals surface area contributed by atoms with Crippen molar-refractivity contribution < 1.29 is 0 Å². The van der Waals surface area contributed by atoms with Gasteiger partial charge < -0.3 is 5.32 Å². The predicted octanol–water partition coefficient (Wildman–Crippen LogP) is 0.555. The Morgan fingerprint density at radius 3 is 2.74 bits per heavy atom. The Hall–Kier alpha value is -2.22. The molecule has 1 aliphatic rings. The van der Waals surface area contributed by atoms with Crippen LogP contribution in [0.1, 0.15) is 19.8 Å². The molecule has 1 aliphatic carbocycles. The van der Waals surface area contributed by atoms with E-state index in [1.54, 1.807) is 23.1 Å². The second-order valence-corrected chi connectivity index (χ2v) is 5.04. The molecule has 2 heterocycles. The molecule has 0 radical (unpaired) electrons. The van der Waals surface area contributed by atoms with Crippen LogP contribution < -0.4 is 16.6 Å². The van der Waals surface area contributed by atoms with Crippen LogP contribution in [0, 0.1) is 5.41 Å². The first-order valence-corrected chi connectivity index (χ1v) is 6.15. The lowest BCUT2D eigenvalue weighted by Gasteiger charge is -2.11. The first kappa shape index (κ1) is 11.8. The minimum atomic E-state index is 0.309. The molecule has 2 aromatic heterocycles. The summed E-state index contributed by atoms with van der Waals surface area (Å²) in [6.45, 7) is 3.08. The maximum Gasteiger partial charge on any atom is 0.257 e. The van der Waals surface area contributed by atoms with E-state index in [4.69, 9.17) is 5.84 Å². The fourth-order valence-corrected chi connectivity index (χ4v) is 1.68. The molecule has 8 nitrogen and oxygen atoms in total. The molecule has 0 aromatic carbocycles. The molecule has 0 saturated heterocycles. The number of hydrogen-bond acceptors (Lipinski definition) is 7. The minimum absolute atomic E-state index is 0.309. The smallest absolute Gasteiger partial charge is 0.257 e. The topological polar surface area (TPSA) is 107 Å². The van der Waals surface area contributed by atoms with Gasteiger partial charge in [-0.2, -0.15) is 20.1 Å². The van der Waals surface area contributed by atoms with Gasteiger partial charge in [0.05, 0.1) is 0 Å². The Morgan fingerprint density at radius 2 is 2.11 bits per heavy atom. The van der Waals surface area contributed by atoms with Crippen LogP contribution in [0.2, 0.25) is 0 Å². The van der Waals surface area contributed by atoms with Crippen molar-refractivity contribution in [2.45, 2.75) is 19.8 Å². The molecule has 0 spiro atoms. The van der Waals surface area contributed by atoms with E-state index in [2.05, 4.69) is 37.7 Å². The monoisotopic (exact) mass is 260 g/mol. The minimum Gasteiger partial charge on any atom is -0.353 e. The van der Waals surface area contributed by atoms with Crippen LogP contribution in [0.25, 0.3) is 5.95 Å². The lowest BCUT2D eigenvalue weighted by atomic mass is 10.1. The molecule has 0 aliphatic heterocycles. The van der Waals surface area contributed by atoms with E-state index < -0.39 is 0 Å². The largest absolute Gasteiger partial charge is 0.353 e. The average Bonchev–Trinajstić information content (AvgIpc) is 2.95. The molecule has 8 heteroatoms. The fourth-order valence-electron chi connectivity index (χ4n) is 1.68. The molecular weight excluding hydrogens is 244 g/mol. The Kier molecular flexibility index (Phi) is 2.79. The summed E-state index contributed by atoms with van der Waals surface area (Å²) in [5, 5.41) is 7.32. The third kappa shape index (κ3) is 2.63. The Bertz CT molecular complexity index is 560. The summed E-state index contributed by atoms with van der Waals surface area (Å²) >= 11 is 0. The van der Waals surface area contributed by atoms with E-state index in [-0.39, 0.29) is 0 Å². The number of nitrogens with two attached hydrogens (primary N) is 1. The number of nitrogens with zero attached hydrogens (tertiary/aromatic N) is 5. The van der Waals surface area contributed by atoms with Gasteiger partial charge in [0.1, 0.15) is 0 Å². The predicted molar refractivity (Wildman–Crippen MR) is 70.6 cm³/mol. The zero-order valence-electron chi connectivity index (χ0n) is 10.7. The highest BCUT2D eigenvalue weighted by Gasteiger charge is 2.37. The average molecular weight is 260 g/mol. The summed E-state index contributed by atoms with van der Waals surface area (Å²) in [6.07, 6.45) is 5.90. The van der Waals surface area contributed by atoms with Gasteiger partial charge >= 0.3 is 0 Å². The first-order chi connectivity index (χ1) is 9.18. The van der Waals surface area contributed by atoms with Crippen LogP contribution in [0.5, 0.6) is 0 Å². The van der Waals surface area contributed by atoms with Crippen molar-refractivity contribution in [2.75, 3.05) is 17.3 Å². The van der Waals surface area contributed by atoms with Crippen molar-refractivity contribution >= 4 is 11.9 Å². The summed E-state index contributed by atoms with van der Waals surface area (Å²) in [4.78, 5) is 12.7. The van der Waals surface area contributed by atoms with Crippen molar-refractivity contribution in [1.29, 1.82) is 0 Å². The molecule has 100 valence electrons. The molecule has 19 heavy (non-hydrogen) atoms. The Morgan fingerprint density at radius 1 is 1.32 bits per heavy atom. The number of hydrazine groups is 1. The third-order valence-corrected chi connectivity index (χ3v) is 3.24. The van der Waals surface area contributed by atoms with E-state index in [0.29, 0.717) is 23.3 Å².